The zero-order valence-corrected chi connectivity index (χ0v) is 71.4. The van der Waals surface area contributed by atoms with Gasteiger partial charge in [-0.25, -0.2) is 44.8 Å². The van der Waals surface area contributed by atoms with E-state index in [1.165, 1.54) is 160 Å². The van der Waals surface area contributed by atoms with Gasteiger partial charge in [-0.3, -0.25) is 13.8 Å². The summed E-state index contributed by atoms with van der Waals surface area (Å²) in [6.45, 7) is 1.84. The highest BCUT2D eigenvalue weighted by Gasteiger charge is 2.40. The predicted octanol–water partition coefficient (Wildman–Crippen LogP) is 27.2. The van der Waals surface area contributed by atoms with Crippen LogP contribution in [0.5, 0.6) is 0 Å². The van der Waals surface area contributed by atoms with Gasteiger partial charge in [0.2, 0.25) is 0 Å². The monoisotopic (exact) mass is 1830 g/mol. The predicted molar refractivity (Wildman–Crippen MR) is 498 cm³/mol. The number of hydrogen-bond acceptors (Lipinski definition) is 18. The Morgan fingerprint density at radius 1 is 0.464 bits per heavy atom. The van der Waals surface area contributed by atoms with Gasteiger partial charge in [-0.2, -0.15) is 13.2 Å². The Kier molecular flexibility index (Phi) is 30.6. The summed E-state index contributed by atoms with van der Waals surface area (Å²) in [6, 6.07) is 59.7. The number of carboxylic acid groups (broad SMARTS) is 1. The van der Waals surface area contributed by atoms with Crippen LogP contribution in [0.4, 0.5) is 37.0 Å². The first-order valence-corrected chi connectivity index (χ1v) is 46.5. The summed E-state index contributed by atoms with van der Waals surface area (Å²) < 4.78 is 145. The number of nitrogens with one attached hydrogen (secondary N) is 1. The largest absolute Gasteiger partial charge is 0.477 e. The molecule has 0 bridgehead atoms. The van der Waals surface area contributed by atoms with E-state index in [4.69, 9.17) is 15.6 Å². The standard InChI is InChI=1S/C27H21F4NO4S2.C19H17NO4S2.C14H14O2S.C12H10O2S.C11H11NS.C10H9FO.4CH4/c1-36-26(33)18-9-11-19(12-10-18)38(34,35)32(15-16-6-13-22(28)21(14-16)27(29,30)31)25-24(17-7-8-17)20-4-2-3-5-23(20)37-25;1-24-19(21)13-8-10-14(11-9-13)26(22,23)20-18-17(12-6-7-12)15-4-2-3-5-16(15)25-18;1-2-16-14(15)13-12(9-7-8-9)10-5-3-4-6-11(10)17-13;13-12(14)11-10(7-5-6-7)8-3-1-2-4-9(8)15-11;12-11-10(7-5-6-7)8-3-1-2-4-9(8)13-11;11-9-4-2-1-3-8(9)10(12)7-5-6-7;;;;/h2-6,9-14,17H,7-8,15H2,1H3;2-5,8-12,20H,6-7H2,1H3;3-6,9H,2,7-8H2,1H3;1-4,7H,5-6H2,(H,13,14);1-4,7H,5-6,12H2;1-4,7H,5-6H2;4*1H4. The van der Waals surface area contributed by atoms with Crippen LogP contribution in [0.2, 0.25) is 0 Å². The summed E-state index contributed by atoms with van der Waals surface area (Å²) in [4.78, 5) is 59.1. The number of hydrogen-bond donors (Lipinski definition) is 3. The number of carbonyl (C=O) groups excluding carboxylic acids is 4. The molecule has 0 saturated heterocycles. The lowest BCUT2D eigenvalue weighted by Gasteiger charge is -2.25. The second-order valence-corrected chi connectivity index (χ2v) is 39.0. The van der Waals surface area contributed by atoms with Gasteiger partial charge in [0.1, 0.15) is 31.4 Å². The average Bonchev–Trinajstić information content (AvgIpc) is 1.60. The molecular formula is C97H98F5N3O13S7. The highest BCUT2D eigenvalue weighted by molar-refractivity contribution is 7.93. The first-order valence-electron chi connectivity index (χ1n) is 39.5. The highest BCUT2D eigenvalue weighted by atomic mass is 32.2. The Bertz CT molecular complexity index is 6490. The number of aromatic carboxylic acids is 1. The quantitative estimate of drug-likeness (QED) is 0.0278. The molecule has 6 fully saturated rings. The number of ketones is 1. The minimum Gasteiger partial charge on any atom is -0.477 e. The van der Waals surface area contributed by atoms with Crippen molar-refractivity contribution in [3.05, 3.63) is 289 Å². The lowest BCUT2D eigenvalue weighted by atomic mass is 10.1. The van der Waals surface area contributed by atoms with E-state index in [0.29, 0.717) is 56.9 Å². The highest BCUT2D eigenvalue weighted by Crippen LogP contribution is 2.55. The normalized spacial score (nSPS) is 14.5. The maximum Gasteiger partial charge on any atom is 0.419 e. The van der Waals surface area contributed by atoms with Gasteiger partial charge in [-0.05, 0) is 277 Å². The molecule has 16 nitrogen and oxygen atoms in total. The second-order valence-electron chi connectivity index (χ2n) is 30.2. The Morgan fingerprint density at radius 2 is 0.864 bits per heavy atom. The number of esters is 3. The number of thiophene rings is 5. The lowest BCUT2D eigenvalue weighted by Crippen LogP contribution is -2.31. The van der Waals surface area contributed by atoms with Gasteiger partial charge >= 0.3 is 30.1 Å². The number of halogens is 5. The van der Waals surface area contributed by atoms with E-state index in [0.717, 1.165) is 124 Å². The van der Waals surface area contributed by atoms with Gasteiger partial charge in [0.15, 0.2) is 5.78 Å². The van der Waals surface area contributed by atoms with Gasteiger partial charge in [0.25, 0.3) is 20.0 Å². The Balaban J connectivity index is 0.000000152. The molecular weight excluding hydrogens is 1730 g/mol. The molecule has 4 N–H and O–H groups in total. The molecule has 0 aliphatic heterocycles. The van der Waals surface area contributed by atoms with Crippen LogP contribution in [-0.2, 0) is 47.0 Å². The third-order valence-electron chi connectivity index (χ3n) is 21.4. The number of rotatable bonds is 20. The maximum atomic E-state index is 14.0. The number of benzene rings is 9. The van der Waals surface area contributed by atoms with Gasteiger partial charge in [0.05, 0.1) is 64.4 Å². The van der Waals surface area contributed by atoms with Crippen LogP contribution in [0.1, 0.15) is 233 Å². The van der Waals surface area contributed by atoms with Crippen molar-refractivity contribution < 1.29 is 82.1 Å². The number of carbonyl (C=O) groups is 5. The summed E-state index contributed by atoms with van der Waals surface area (Å²) in [5, 5.41) is 17.1. The molecule has 9 aromatic carbocycles. The molecule has 6 saturated carbocycles. The SMILES string of the molecule is C.C.C.C.CCOC(=O)c1sc2ccccc2c1C1CC1.COC(=O)c1ccc(S(=O)(=O)N(Cc2ccc(F)c(C(F)(F)F)c2)c2sc3ccccc3c2C2CC2)cc1.COC(=O)c1ccc(S(=O)(=O)Nc2sc3ccccc3c2C2CC2)cc1.Nc1sc2ccccc2c1C1CC1.O=C(O)c1sc2ccccc2c1C1CC1.O=C(c1ccccc1F)C1CC1. The molecule has 0 atom stereocenters. The third kappa shape index (κ3) is 21.7. The van der Waals surface area contributed by atoms with Crippen LogP contribution in [0, 0.1) is 17.6 Å². The fourth-order valence-electron chi connectivity index (χ4n) is 14.6. The number of nitrogen functional groups attached to an aromatic ring is 1. The average molecular weight is 1830 g/mol. The van der Waals surface area contributed by atoms with Crippen LogP contribution >= 0.6 is 56.7 Å². The van der Waals surface area contributed by atoms with Crippen molar-refractivity contribution in [3.8, 4) is 0 Å². The number of methoxy groups -OCH3 is 2. The van der Waals surface area contributed by atoms with E-state index in [1.54, 1.807) is 40.9 Å². The van der Waals surface area contributed by atoms with Gasteiger partial charge in [-0.15, -0.1) is 56.7 Å². The molecule has 5 heterocycles. The first kappa shape index (κ1) is 94.9. The van der Waals surface area contributed by atoms with Crippen molar-refractivity contribution in [2.75, 3.05) is 35.6 Å². The van der Waals surface area contributed by atoms with Crippen molar-refractivity contribution in [3.63, 3.8) is 0 Å². The van der Waals surface area contributed by atoms with Crippen molar-refractivity contribution in [2.24, 2.45) is 5.92 Å². The van der Waals surface area contributed by atoms with Crippen molar-refractivity contribution in [1.29, 1.82) is 0 Å². The fraction of sp³-hybridized carbons (Fsp3) is 0.289. The summed E-state index contributed by atoms with van der Waals surface area (Å²) in [5.41, 5.74) is 10.9. The van der Waals surface area contributed by atoms with Crippen LogP contribution in [-0.4, -0.2) is 72.4 Å². The number of fused-ring (bicyclic) bond motifs is 5. The number of nitrogens with two attached hydrogens (primary N) is 1. The molecule has 0 spiro atoms. The number of anilines is 3. The molecule has 6 aliphatic rings. The third-order valence-corrected chi connectivity index (χ3v) is 30.5. The smallest absolute Gasteiger partial charge is 0.419 e. The minimum absolute atomic E-state index is 0. The van der Waals surface area contributed by atoms with Crippen molar-refractivity contribution >= 4 is 172 Å². The Hall–Kier alpha value is -10.7. The van der Waals surface area contributed by atoms with E-state index >= 15 is 0 Å². The number of alkyl halides is 3. The molecule has 0 radical (unpaired) electrons. The zero-order chi connectivity index (χ0) is 85.2. The number of Topliss-reactive ketones (excluding diaryl/α,β-unsaturated/α-hetero) is 1. The van der Waals surface area contributed by atoms with E-state index in [1.807, 2.05) is 91.9 Å². The van der Waals surface area contributed by atoms with E-state index < -0.39 is 67.9 Å². The number of carboxylic acids is 1. The minimum atomic E-state index is -4.94. The summed E-state index contributed by atoms with van der Waals surface area (Å²) in [6.07, 6.45) is 8.14. The molecule has 28 heteroatoms. The molecule has 5 aromatic heterocycles. The molecule has 0 amide bonds. The molecule has 14 aromatic rings. The number of nitrogens with zero attached hydrogens (tertiary/aromatic N) is 1. The molecule has 656 valence electrons. The fourth-order valence-corrected chi connectivity index (χ4v) is 23.5. The Labute approximate surface area is 745 Å². The second kappa shape index (κ2) is 40.3. The van der Waals surface area contributed by atoms with Crippen LogP contribution in [0.25, 0.3) is 50.4 Å². The van der Waals surface area contributed by atoms with Crippen molar-refractivity contribution in [1.82, 2.24) is 0 Å². The molecule has 20 rings (SSSR count). The van der Waals surface area contributed by atoms with Crippen molar-refractivity contribution in [2.45, 2.75) is 166 Å². The van der Waals surface area contributed by atoms with Crippen LogP contribution in [0.15, 0.2) is 222 Å². The summed E-state index contributed by atoms with van der Waals surface area (Å²) >= 11 is 7.39. The molecule has 0 unspecified atom stereocenters. The molecule has 125 heavy (non-hydrogen) atoms. The topological polar surface area (TPSA) is 243 Å². The first-order chi connectivity index (χ1) is 58.2. The van der Waals surface area contributed by atoms with E-state index in [-0.39, 0.29) is 79.8 Å². The van der Waals surface area contributed by atoms with Crippen LogP contribution in [0.3, 0.4) is 0 Å². The number of ether oxygens (including phenoxy) is 3. The molecule has 6 aliphatic carbocycles. The van der Waals surface area contributed by atoms with Crippen LogP contribution < -0.4 is 14.8 Å². The zero-order valence-electron chi connectivity index (χ0n) is 65.7. The maximum absolute atomic E-state index is 14.0. The number of sulfonamides is 2. The lowest BCUT2D eigenvalue weighted by molar-refractivity contribution is -0.140. The Morgan fingerprint density at radius 3 is 1.33 bits per heavy atom. The van der Waals surface area contributed by atoms with E-state index in [9.17, 15) is 62.8 Å². The van der Waals surface area contributed by atoms with Gasteiger partial charge < -0.3 is 25.1 Å². The summed E-state index contributed by atoms with van der Waals surface area (Å²) in [7, 11) is -5.56. The van der Waals surface area contributed by atoms with Gasteiger partial charge in [-0.1, -0.05) is 139 Å². The summed E-state index contributed by atoms with van der Waals surface area (Å²) in [5.74, 6) is -1.47. The van der Waals surface area contributed by atoms with E-state index in [2.05, 4.69) is 50.6 Å². The van der Waals surface area contributed by atoms with Gasteiger partial charge in [0, 0.05) is 29.4 Å².